The number of nitrogens with zero attached hydrogens (tertiary/aromatic N) is 3. The van der Waals surface area contributed by atoms with Gasteiger partial charge in [0, 0.05) is 31.0 Å². The maximum absolute atomic E-state index is 14.1. The van der Waals surface area contributed by atoms with Gasteiger partial charge in [0.05, 0.1) is 47.2 Å². The third-order valence-corrected chi connectivity index (χ3v) is 10.0. The van der Waals surface area contributed by atoms with Gasteiger partial charge in [-0.25, -0.2) is 4.79 Å². The predicted octanol–water partition coefficient (Wildman–Crippen LogP) is 2.17. The minimum Gasteiger partial charge on any atom is -0.497 e. The highest BCUT2D eigenvalue weighted by atomic mass is 16.6. The Kier molecular flexibility index (Phi) is 15.7. The molecule has 0 bridgehead atoms. The largest absolute Gasteiger partial charge is 0.497 e. The molecule has 1 fully saturated rings. The van der Waals surface area contributed by atoms with Crippen LogP contribution in [-0.4, -0.2) is 94.4 Å². The lowest BCUT2D eigenvalue weighted by Crippen LogP contribution is -2.56. The lowest BCUT2D eigenvalue weighted by Gasteiger charge is -2.28. The molecule has 4 rings (SSSR count). The molecular weight excluding hydrogens is 800 g/mol. The smallest absolute Gasteiger partial charge is 0.347 e. The molecule has 328 valence electrons. The van der Waals surface area contributed by atoms with Crippen LogP contribution in [0.15, 0.2) is 51.7 Å². The maximum atomic E-state index is 14.1. The number of hydrogen-bond donors (Lipinski definition) is 5. The van der Waals surface area contributed by atoms with Gasteiger partial charge in [0.25, 0.3) is 11.4 Å². The Balaban J connectivity index is 1.60. The first-order chi connectivity index (χ1) is 28.7. The van der Waals surface area contributed by atoms with Crippen molar-refractivity contribution in [1.82, 2.24) is 26.2 Å². The molecule has 3 aromatic rings. The molecule has 2 heterocycles. The normalized spacial score (nSPS) is 15.7. The molecule has 0 saturated carbocycles. The Bertz CT molecular complexity index is 2260. The van der Waals surface area contributed by atoms with Crippen molar-refractivity contribution in [3.8, 4) is 5.75 Å². The molecule has 61 heavy (non-hydrogen) atoms. The number of rotatable bonds is 19. The number of carbonyl (C=O) groups is 6. The van der Waals surface area contributed by atoms with Crippen molar-refractivity contribution in [1.29, 1.82) is 0 Å². The summed E-state index contributed by atoms with van der Waals surface area (Å²) in [5.41, 5.74) is 2.84. The molecule has 0 aliphatic carbocycles. The van der Waals surface area contributed by atoms with E-state index in [1.165, 1.54) is 43.2 Å². The molecule has 21 nitrogen and oxygen atoms in total. The number of Topliss-reactive ketones (excluding diaryl/α,β-unsaturated/α-hetero) is 1. The summed E-state index contributed by atoms with van der Waals surface area (Å²) in [5, 5.41) is 34.3. The van der Waals surface area contributed by atoms with Crippen molar-refractivity contribution in [2.45, 2.75) is 90.5 Å². The van der Waals surface area contributed by atoms with Crippen molar-refractivity contribution in [3.05, 3.63) is 84.2 Å². The molecular formula is C40H50N8O13. The van der Waals surface area contributed by atoms with Gasteiger partial charge in [-0.2, -0.15) is 0 Å². The molecule has 1 aliphatic rings. The summed E-state index contributed by atoms with van der Waals surface area (Å²) in [4.78, 5) is 116. The van der Waals surface area contributed by atoms with Gasteiger partial charge in [0.15, 0.2) is 5.78 Å². The van der Waals surface area contributed by atoms with Crippen molar-refractivity contribution in [2.75, 3.05) is 20.2 Å². The highest BCUT2D eigenvalue weighted by Crippen LogP contribution is 2.32. The second kappa shape index (κ2) is 20.5. The van der Waals surface area contributed by atoms with E-state index in [1.807, 2.05) is 13.8 Å². The first-order valence-corrected chi connectivity index (χ1v) is 19.5. The van der Waals surface area contributed by atoms with Gasteiger partial charge in [-0.15, -0.1) is 0 Å². The van der Waals surface area contributed by atoms with E-state index in [4.69, 9.17) is 14.9 Å². The number of hydrogen-bond acceptors (Lipinski definition) is 14. The van der Waals surface area contributed by atoms with Crippen LogP contribution in [0.1, 0.15) is 82.3 Å². The monoisotopic (exact) mass is 850 g/mol. The average Bonchev–Trinajstić information content (AvgIpc) is 3.71. The quantitative estimate of drug-likeness (QED) is 0.0500. The predicted molar refractivity (Wildman–Crippen MR) is 218 cm³/mol. The molecule has 5 amide bonds. The summed E-state index contributed by atoms with van der Waals surface area (Å²) in [6.07, 6.45) is 1.22. The standard InChI is InChI=1S/C40H50N8O13/c1-20(2)14-28(44-39(54)30-8-7-13-46(30)22(5)49)37(52)42-19-33(50)43-29(15-21(3)4)38(53)45-35(26-12-10-24(47(56)57)17-31(26)48(58)59)34(41)36(51)27-16-23-9-11-25(60-6)18-32(23)61-40(27)55/h9-12,16-18,20-21,28-30,34-35H,7-8,13-15,19,41H2,1-6H3,(H,42,52)(H,43,50)(H,44,54)(H,45,53)/t28-,29-,30-,34?,35?/m0/s1. The number of nitro benzene ring substituents is 2. The van der Waals surface area contributed by atoms with Crippen molar-refractivity contribution < 1.29 is 47.8 Å². The summed E-state index contributed by atoms with van der Waals surface area (Å²) < 4.78 is 10.5. The number of nitrogens with two attached hydrogens (primary N) is 1. The zero-order valence-corrected chi connectivity index (χ0v) is 34.6. The van der Waals surface area contributed by atoms with E-state index < -0.39 is 104 Å². The fourth-order valence-electron chi connectivity index (χ4n) is 7.03. The minimum absolute atomic E-state index is 0.0262. The zero-order valence-electron chi connectivity index (χ0n) is 34.6. The van der Waals surface area contributed by atoms with E-state index >= 15 is 0 Å². The highest BCUT2D eigenvalue weighted by molar-refractivity contribution is 6.03. The average molecular weight is 851 g/mol. The Morgan fingerprint density at radius 1 is 0.902 bits per heavy atom. The van der Waals surface area contributed by atoms with Crippen LogP contribution in [0.4, 0.5) is 11.4 Å². The first-order valence-electron chi connectivity index (χ1n) is 19.5. The Hall–Kier alpha value is -6.77. The second-order valence-electron chi connectivity index (χ2n) is 15.5. The molecule has 1 saturated heterocycles. The number of methoxy groups -OCH3 is 1. The molecule has 2 aromatic carbocycles. The van der Waals surface area contributed by atoms with Gasteiger partial charge < -0.3 is 41.1 Å². The van der Waals surface area contributed by atoms with Crippen LogP contribution in [0.2, 0.25) is 0 Å². The highest BCUT2D eigenvalue weighted by Gasteiger charge is 2.38. The van der Waals surface area contributed by atoms with Crippen LogP contribution < -0.4 is 37.4 Å². The van der Waals surface area contributed by atoms with Gasteiger partial charge in [0.2, 0.25) is 29.5 Å². The second-order valence-corrected chi connectivity index (χ2v) is 15.5. The third-order valence-electron chi connectivity index (χ3n) is 10.0. The van der Waals surface area contributed by atoms with Crippen LogP contribution in [0, 0.1) is 32.1 Å². The van der Waals surface area contributed by atoms with Crippen LogP contribution >= 0.6 is 0 Å². The molecule has 1 aromatic heterocycles. The van der Waals surface area contributed by atoms with Gasteiger partial charge in [-0.3, -0.25) is 49.0 Å². The lowest BCUT2D eigenvalue weighted by molar-refractivity contribution is -0.394. The number of nitrogens with one attached hydrogen (secondary N) is 4. The number of ketones is 1. The Morgan fingerprint density at radius 3 is 2.15 bits per heavy atom. The van der Waals surface area contributed by atoms with Gasteiger partial charge in [0.1, 0.15) is 35.0 Å². The van der Waals surface area contributed by atoms with E-state index in [9.17, 15) is 53.8 Å². The number of nitro groups is 2. The molecule has 1 aliphatic heterocycles. The van der Waals surface area contributed by atoms with E-state index in [0.717, 1.165) is 12.1 Å². The number of carbonyl (C=O) groups excluding carboxylic acids is 6. The summed E-state index contributed by atoms with van der Waals surface area (Å²) in [5.74, 6) is -4.37. The third kappa shape index (κ3) is 11.9. The zero-order chi connectivity index (χ0) is 45.3. The number of ether oxygens (including phenoxy) is 1. The van der Waals surface area contributed by atoms with Crippen molar-refractivity contribution in [2.24, 2.45) is 17.6 Å². The molecule has 2 unspecified atom stereocenters. The van der Waals surface area contributed by atoms with E-state index in [1.54, 1.807) is 13.8 Å². The molecule has 21 heteroatoms. The Morgan fingerprint density at radius 2 is 1.56 bits per heavy atom. The summed E-state index contributed by atoms with van der Waals surface area (Å²) in [6, 6.07) is 1.19. The number of fused-ring (bicyclic) bond motifs is 1. The Labute approximate surface area is 349 Å². The van der Waals surface area contributed by atoms with E-state index in [2.05, 4.69) is 21.3 Å². The molecule has 6 N–H and O–H groups in total. The fourth-order valence-corrected chi connectivity index (χ4v) is 7.03. The van der Waals surface area contributed by atoms with Gasteiger partial charge >= 0.3 is 5.63 Å². The lowest BCUT2D eigenvalue weighted by atomic mass is 9.91. The van der Waals surface area contributed by atoms with Gasteiger partial charge in [-0.05, 0) is 61.8 Å². The minimum atomic E-state index is -1.93. The van der Waals surface area contributed by atoms with E-state index in [-0.39, 0.29) is 41.6 Å². The van der Waals surface area contributed by atoms with Crippen LogP contribution in [0.25, 0.3) is 11.0 Å². The van der Waals surface area contributed by atoms with E-state index in [0.29, 0.717) is 31.2 Å². The molecule has 0 spiro atoms. The first kappa shape index (κ1) is 46.9. The van der Waals surface area contributed by atoms with Gasteiger partial charge in [-0.1, -0.05) is 27.7 Å². The van der Waals surface area contributed by atoms with Crippen LogP contribution in [-0.2, 0) is 24.0 Å². The van der Waals surface area contributed by atoms with Crippen molar-refractivity contribution >= 4 is 57.7 Å². The number of non-ortho nitro benzene ring substituents is 1. The van der Waals surface area contributed by atoms with Crippen LogP contribution in [0.5, 0.6) is 5.75 Å². The van der Waals surface area contributed by atoms with Crippen LogP contribution in [0.3, 0.4) is 0 Å². The fraction of sp³-hybridized carbons (Fsp3) is 0.475. The number of likely N-dealkylation sites (tertiary alicyclic amines) is 1. The topological polar surface area (TPSA) is 306 Å². The summed E-state index contributed by atoms with van der Waals surface area (Å²) in [6.45, 7) is 8.24. The number of amides is 5. The SMILES string of the molecule is COc1ccc2cc(C(=O)C(N)C(NC(=O)[C@H](CC(C)C)NC(=O)CNC(=O)[C@H](CC(C)C)NC(=O)[C@@H]3CCCN3C(C)=O)c3ccc([N+](=O)[O-])cc3[N+](=O)[O-])c(=O)oc2c1. The maximum Gasteiger partial charge on any atom is 0.347 e. The molecule has 5 atom stereocenters. The number of benzene rings is 2. The summed E-state index contributed by atoms with van der Waals surface area (Å²) >= 11 is 0. The molecule has 0 radical (unpaired) electrons. The summed E-state index contributed by atoms with van der Waals surface area (Å²) in [7, 11) is 1.40. The van der Waals surface area contributed by atoms with Crippen molar-refractivity contribution in [3.63, 3.8) is 0 Å².